The van der Waals surface area contributed by atoms with E-state index in [1.165, 1.54) is 0 Å². The van der Waals surface area contributed by atoms with E-state index in [1.807, 2.05) is 23.0 Å². The van der Waals surface area contributed by atoms with Crippen molar-refractivity contribution in [1.29, 1.82) is 0 Å². The van der Waals surface area contributed by atoms with Crippen LogP contribution in [0.5, 0.6) is 0 Å². The van der Waals surface area contributed by atoms with Gasteiger partial charge in [-0.2, -0.15) is 5.10 Å². The van der Waals surface area contributed by atoms with Crippen molar-refractivity contribution in [3.05, 3.63) is 36.0 Å². The van der Waals surface area contributed by atoms with Crippen LogP contribution >= 0.6 is 24.0 Å². The molecule has 2 N–H and O–H groups in total. The number of aliphatic imine (C=N–C) groups is 1. The van der Waals surface area contributed by atoms with Crippen LogP contribution in [-0.4, -0.2) is 34.5 Å². The van der Waals surface area contributed by atoms with Gasteiger partial charge in [0.25, 0.3) is 0 Å². The lowest BCUT2D eigenvalue weighted by molar-refractivity contribution is 0.367. The van der Waals surface area contributed by atoms with Crippen LogP contribution in [0.1, 0.15) is 51.0 Å². The van der Waals surface area contributed by atoms with Crippen molar-refractivity contribution in [1.82, 2.24) is 25.6 Å². The van der Waals surface area contributed by atoms with Crippen molar-refractivity contribution in [3.8, 4) is 0 Å². The first-order chi connectivity index (χ1) is 12.2. The smallest absolute Gasteiger partial charge is 0.191 e. The van der Waals surface area contributed by atoms with Gasteiger partial charge in [0.05, 0.1) is 12.2 Å². The molecular formula is C18H31IN6O. The second kappa shape index (κ2) is 11.9. The highest BCUT2D eigenvalue weighted by Crippen LogP contribution is 2.22. The van der Waals surface area contributed by atoms with E-state index in [0.29, 0.717) is 18.4 Å². The molecule has 0 spiro atoms. The molecule has 2 heterocycles. The van der Waals surface area contributed by atoms with Gasteiger partial charge in [-0.25, -0.2) is 0 Å². The zero-order valence-corrected chi connectivity index (χ0v) is 18.4. The SMILES string of the molecule is CCC(CC)c1cc(CNC(=NC)NCC(C)Cn2cccn2)on1.I. The molecule has 2 aromatic rings. The Morgan fingerprint density at radius 2 is 2.08 bits per heavy atom. The number of aromatic nitrogens is 3. The molecule has 26 heavy (non-hydrogen) atoms. The highest BCUT2D eigenvalue weighted by atomic mass is 127. The predicted molar refractivity (Wildman–Crippen MR) is 115 cm³/mol. The summed E-state index contributed by atoms with van der Waals surface area (Å²) in [6.07, 6.45) is 5.93. The van der Waals surface area contributed by atoms with Gasteiger partial charge in [-0.3, -0.25) is 9.67 Å². The Morgan fingerprint density at radius 3 is 2.69 bits per heavy atom. The summed E-state index contributed by atoms with van der Waals surface area (Å²) in [4.78, 5) is 4.26. The number of rotatable bonds is 9. The molecule has 0 aliphatic rings. The molecule has 2 aromatic heterocycles. The Balaban J connectivity index is 0.00000338. The largest absolute Gasteiger partial charge is 0.359 e. The topological polar surface area (TPSA) is 80.3 Å². The Bertz CT molecular complexity index is 636. The summed E-state index contributed by atoms with van der Waals surface area (Å²) in [5.41, 5.74) is 1.04. The van der Waals surface area contributed by atoms with E-state index in [0.717, 1.165) is 43.3 Å². The van der Waals surface area contributed by atoms with Crippen LogP contribution in [0.2, 0.25) is 0 Å². The second-order valence-corrected chi connectivity index (χ2v) is 6.37. The fourth-order valence-corrected chi connectivity index (χ4v) is 2.77. The molecule has 146 valence electrons. The number of hydrogen-bond acceptors (Lipinski definition) is 4. The van der Waals surface area contributed by atoms with Gasteiger partial charge in [0.2, 0.25) is 0 Å². The minimum Gasteiger partial charge on any atom is -0.359 e. The molecular weight excluding hydrogens is 443 g/mol. The van der Waals surface area contributed by atoms with Gasteiger partial charge >= 0.3 is 0 Å². The van der Waals surface area contributed by atoms with Crippen molar-refractivity contribution in [2.24, 2.45) is 10.9 Å². The van der Waals surface area contributed by atoms with Crippen molar-refractivity contribution < 1.29 is 4.52 Å². The summed E-state index contributed by atoms with van der Waals surface area (Å²) in [5, 5.41) is 15.0. The first kappa shape index (κ1) is 22.5. The molecule has 0 aliphatic heterocycles. The van der Waals surface area contributed by atoms with Gasteiger partial charge in [-0.15, -0.1) is 24.0 Å². The molecule has 0 saturated heterocycles. The molecule has 0 bridgehead atoms. The third-order valence-electron chi connectivity index (χ3n) is 4.31. The van der Waals surface area contributed by atoms with Crippen LogP contribution in [0.25, 0.3) is 0 Å². The Kier molecular flexibility index (Phi) is 10.3. The number of guanidine groups is 1. The highest BCUT2D eigenvalue weighted by molar-refractivity contribution is 14.0. The molecule has 2 rings (SSSR count). The van der Waals surface area contributed by atoms with Gasteiger partial charge in [-0.05, 0) is 24.8 Å². The highest BCUT2D eigenvalue weighted by Gasteiger charge is 2.13. The first-order valence-corrected chi connectivity index (χ1v) is 9.03. The van der Waals surface area contributed by atoms with Gasteiger partial charge in [0.15, 0.2) is 11.7 Å². The van der Waals surface area contributed by atoms with Crippen molar-refractivity contribution >= 4 is 29.9 Å². The number of halogens is 1. The Labute approximate surface area is 173 Å². The van der Waals surface area contributed by atoms with E-state index in [-0.39, 0.29) is 24.0 Å². The van der Waals surface area contributed by atoms with Crippen molar-refractivity contribution in [2.75, 3.05) is 13.6 Å². The fraction of sp³-hybridized carbons (Fsp3) is 0.611. The molecule has 1 unspecified atom stereocenters. The van der Waals surface area contributed by atoms with E-state index in [2.05, 4.69) is 46.7 Å². The fourth-order valence-electron chi connectivity index (χ4n) is 2.77. The average Bonchev–Trinajstić information content (AvgIpc) is 3.28. The third-order valence-corrected chi connectivity index (χ3v) is 4.31. The molecule has 7 nitrogen and oxygen atoms in total. The maximum absolute atomic E-state index is 5.43. The lowest BCUT2D eigenvalue weighted by Gasteiger charge is -2.15. The monoisotopic (exact) mass is 474 g/mol. The zero-order valence-electron chi connectivity index (χ0n) is 16.1. The van der Waals surface area contributed by atoms with Crippen LogP contribution in [0, 0.1) is 5.92 Å². The van der Waals surface area contributed by atoms with Crippen LogP contribution in [0.4, 0.5) is 0 Å². The normalized spacial score (nSPS) is 12.7. The van der Waals surface area contributed by atoms with Crippen LogP contribution in [0.3, 0.4) is 0 Å². The van der Waals surface area contributed by atoms with E-state index in [1.54, 1.807) is 13.2 Å². The first-order valence-electron chi connectivity index (χ1n) is 9.03. The number of nitrogens with zero attached hydrogens (tertiary/aromatic N) is 4. The Morgan fingerprint density at radius 1 is 1.31 bits per heavy atom. The summed E-state index contributed by atoms with van der Waals surface area (Å²) in [7, 11) is 1.77. The molecule has 0 amide bonds. The maximum atomic E-state index is 5.43. The molecule has 0 aromatic carbocycles. The number of nitrogens with one attached hydrogen (secondary N) is 2. The lowest BCUT2D eigenvalue weighted by Crippen LogP contribution is -2.39. The van der Waals surface area contributed by atoms with Gasteiger partial charge < -0.3 is 15.2 Å². The van der Waals surface area contributed by atoms with Crippen molar-refractivity contribution in [2.45, 2.75) is 52.6 Å². The summed E-state index contributed by atoms with van der Waals surface area (Å²) < 4.78 is 7.37. The van der Waals surface area contributed by atoms with E-state index in [4.69, 9.17) is 4.52 Å². The summed E-state index contributed by atoms with van der Waals surface area (Å²) >= 11 is 0. The predicted octanol–water partition coefficient (Wildman–Crippen LogP) is 3.39. The van der Waals surface area contributed by atoms with Crippen LogP contribution < -0.4 is 10.6 Å². The van der Waals surface area contributed by atoms with Gasteiger partial charge in [0.1, 0.15) is 0 Å². The van der Waals surface area contributed by atoms with E-state index < -0.39 is 0 Å². The maximum Gasteiger partial charge on any atom is 0.191 e. The molecule has 0 saturated carbocycles. The molecule has 0 radical (unpaired) electrons. The van der Waals surface area contributed by atoms with Gasteiger partial charge in [-0.1, -0.05) is 25.9 Å². The Hall–Kier alpha value is -1.58. The molecule has 8 heteroatoms. The average molecular weight is 474 g/mol. The minimum atomic E-state index is 0. The quantitative estimate of drug-likeness (QED) is 0.331. The summed E-state index contributed by atoms with van der Waals surface area (Å²) in [6.45, 7) is 8.79. The molecule has 1 atom stereocenters. The summed E-state index contributed by atoms with van der Waals surface area (Å²) in [5.74, 6) is 2.49. The van der Waals surface area contributed by atoms with Gasteiger partial charge in [0, 0.05) is 44.5 Å². The van der Waals surface area contributed by atoms with Crippen molar-refractivity contribution in [3.63, 3.8) is 0 Å². The second-order valence-electron chi connectivity index (χ2n) is 6.37. The lowest BCUT2D eigenvalue weighted by atomic mass is 9.99. The minimum absolute atomic E-state index is 0. The zero-order chi connectivity index (χ0) is 18.1. The molecule has 0 aliphatic carbocycles. The van der Waals surface area contributed by atoms with Crippen LogP contribution in [-0.2, 0) is 13.1 Å². The standard InChI is InChI=1S/C18H30N6O.HI/c1-5-15(6-2)17-10-16(25-23-17)12-21-18(19-4)20-11-14(3)13-24-9-7-8-22-24;/h7-10,14-15H,5-6,11-13H2,1-4H3,(H2,19,20,21);1H. The van der Waals surface area contributed by atoms with Crippen LogP contribution in [0.15, 0.2) is 34.0 Å². The summed E-state index contributed by atoms with van der Waals surface area (Å²) in [6, 6.07) is 3.98. The molecule has 0 fully saturated rings. The third kappa shape index (κ3) is 6.97. The van der Waals surface area contributed by atoms with E-state index in [9.17, 15) is 0 Å². The number of hydrogen-bond donors (Lipinski definition) is 2. The van der Waals surface area contributed by atoms with E-state index >= 15 is 0 Å².